The van der Waals surface area contributed by atoms with E-state index in [1.807, 2.05) is 18.2 Å². The zero-order chi connectivity index (χ0) is 16.5. The Kier molecular flexibility index (Phi) is 3.39. The van der Waals surface area contributed by atoms with Crippen LogP contribution < -0.4 is 4.74 Å². The van der Waals surface area contributed by atoms with Gasteiger partial charge in [0.15, 0.2) is 0 Å². The van der Waals surface area contributed by atoms with Gasteiger partial charge in [-0.1, -0.05) is 29.8 Å². The number of aromatic nitrogens is 3. The predicted octanol–water partition coefficient (Wildman–Crippen LogP) is 4.43. The van der Waals surface area contributed by atoms with Crippen LogP contribution in [0.4, 0.5) is 0 Å². The second-order valence-electron chi connectivity index (χ2n) is 5.59. The minimum Gasteiger partial charge on any atom is -0.508 e. The third kappa shape index (κ3) is 2.67. The molecule has 2 N–H and O–H groups in total. The van der Waals surface area contributed by atoms with Crippen molar-refractivity contribution in [2.75, 3.05) is 0 Å². The number of H-pyrrole nitrogens is 1. The number of aromatic hydroxyl groups is 1. The van der Waals surface area contributed by atoms with E-state index in [4.69, 9.17) is 4.74 Å². The van der Waals surface area contributed by atoms with Crippen molar-refractivity contribution in [1.82, 2.24) is 15.0 Å². The number of ether oxygens (including phenoxy) is 1. The van der Waals surface area contributed by atoms with Crippen LogP contribution in [-0.2, 0) is 0 Å². The highest BCUT2D eigenvalue weighted by atomic mass is 16.5. The van der Waals surface area contributed by atoms with Crippen molar-refractivity contribution < 1.29 is 9.84 Å². The maximum Gasteiger partial charge on any atom is 0.231 e. The summed E-state index contributed by atoms with van der Waals surface area (Å²) in [6.45, 7) is 2.06. The van der Waals surface area contributed by atoms with Crippen LogP contribution in [0, 0.1) is 6.92 Å². The van der Waals surface area contributed by atoms with E-state index in [1.54, 1.807) is 24.3 Å². The number of fused-ring (bicyclic) bond motifs is 1. The molecule has 0 saturated heterocycles. The van der Waals surface area contributed by atoms with Gasteiger partial charge in [-0.25, -0.2) is 9.97 Å². The lowest BCUT2D eigenvalue weighted by Gasteiger charge is -2.05. The van der Waals surface area contributed by atoms with E-state index < -0.39 is 0 Å². The third-order valence-electron chi connectivity index (χ3n) is 3.75. The monoisotopic (exact) mass is 317 g/mol. The second-order valence-corrected chi connectivity index (χ2v) is 5.59. The van der Waals surface area contributed by atoms with Crippen molar-refractivity contribution in [3.05, 3.63) is 66.5 Å². The topological polar surface area (TPSA) is 71.0 Å². The molecular formula is C19H15N3O2. The highest BCUT2D eigenvalue weighted by Gasteiger charge is 2.11. The van der Waals surface area contributed by atoms with E-state index in [0.717, 1.165) is 16.6 Å². The largest absolute Gasteiger partial charge is 0.508 e. The van der Waals surface area contributed by atoms with Gasteiger partial charge in [-0.3, -0.25) is 0 Å². The molecule has 0 amide bonds. The number of nitrogens with one attached hydrogen (secondary N) is 1. The van der Waals surface area contributed by atoms with Crippen molar-refractivity contribution in [2.24, 2.45) is 0 Å². The Balaban J connectivity index is 1.77. The van der Waals surface area contributed by atoms with Crippen LogP contribution in [0.5, 0.6) is 17.4 Å². The summed E-state index contributed by atoms with van der Waals surface area (Å²) in [6.07, 6.45) is 1.46. The summed E-state index contributed by atoms with van der Waals surface area (Å²) < 4.78 is 5.81. The van der Waals surface area contributed by atoms with Gasteiger partial charge in [-0.05, 0) is 36.8 Å². The van der Waals surface area contributed by atoms with Crippen LogP contribution in [0.1, 0.15) is 5.56 Å². The van der Waals surface area contributed by atoms with E-state index in [-0.39, 0.29) is 5.75 Å². The first-order valence-electron chi connectivity index (χ1n) is 7.57. The van der Waals surface area contributed by atoms with Gasteiger partial charge >= 0.3 is 0 Å². The van der Waals surface area contributed by atoms with Crippen molar-refractivity contribution in [1.29, 1.82) is 0 Å². The first-order chi connectivity index (χ1) is 11.7. The third-order valence-corrected chi connectivity index (χ3v) is 3.75. The summed E-state index contributed by atoms with van der Waals surface area (Å²) >= 11 is 0. The van der Waals surface area contributed by atoms with E-state index in [2.05, 4.69) is 34.0 Å². The molecule has 5 nitrogen and oxygen atoms in total. The fraction of sp³-hybridized carbons (Fsp3) is 0.0526. The molecule has 0 unspecified atom stereocenters. The number of aromatic amines is 1. The molecule has 24 heavy (non-hydrogen) atoms. The Hall–Kier alpha value is -3.34. The molecular weight excluding hydrogens is 302 g/mol. The maximum atomic E-state index is 9.56. The van der Waals surface area contributed by atoms with Crippen molar-refractivity contribution in [3.63, 3.8) is 0 Å². The molecule has 2 aromatic carbocycles. The molecule has 0 atom stereocenters. The predicted molar refractivity (Wildman–Crippen MR) is 92.2 cm³/mol. The van der Waals surface area contributed by atoms with Gasteiger partial charge in [0, 0.05) is 11.8 Å². The standard InChI is InChI=1S/C19H15N3O2/c1-12-4-2-5-13(8-12)17-10-16-18(22-17)20-11-21-19(16)24-15-7-3-6-14(23)9-15/h2-11,23H,1H3,(H,20,21,22). The molecule has 0 spiro atoms. The Morgan fingerprint density at radius 1 is 1.00 bits per heavy atom. The number of nitrogens with zero attached hydrogens (tertiary/aromatic N) is 2. The Morgan fingerprint density at radius 2 is 1.88 bits per heavy atom. The van der Waals surface area contributed by atoms with Crippen LogP contribution in [0.3, 0.4) is 0 Å². The second kappa shape index (κ2) is 5.70. The zero-order valence-corrected chi connectivity index (χ0v) is 13.0. The Labute approximate surface area is 138 Å². The minimum absolute atomic E-state index is 0.146. The molecule has 0 aliphatic carbocycles. The summed E-state index contributed by atoms with van der Waals surface area (Å²) in [7, 11) is 0. The maximum absolute atomic E-state index is 9.56. The number of aryl methyl sites for hydroxylation is 1. The summed E-state index contributed by atoms with van der Waals surface area (Å²) in [6, 6.07) is 16.8. The fourth-order valence-electron chi connectivity index (χ4n) is 2.63. The SMILES string of the molecule is Cc1cccc(-c2cc3c(Oc4cccc(O)c4)ncnc3[nH]2)c1. The normalized spacial score (nSPS) is 10.9. The minimum atomic E-state index is 0.146. The summed E-state index contributed by atoms with van der Waals surface area (Å²) in [4.78, 5) is 11.8. The molecule has 4 aromatic rings. The molecule has 0 saturated carbocycles. The summed E-state index contributed by atoms with van der Waals surface area (Å²) in [5, 5.41) is 10.4. The van der Waals surface area contributed by atoms with Gasteiger partial charge in [0.25, 0.3) is 0 Å². The van der Waals surface area contributed by atoms with Crippen molar-refractivity contribution in [3.8, 4) is 28.6 Å². The van der Waals surface area contributed by atoms with Crippen LogP contribution >= 0.6 is 0 Å². The summed E-state index contributed by atoms with van der Waals surface area (Å²) in [5.41, 5.74) is 3.93. The molecule has 0 radical (unpaired) electrons. The van der Waals surface area contributed by atoms with Gasteiger partial charge in [0.1, 0.15) is 23.5 Å². The molecule has 2 aromatic heterocycles. The number of rotatable bonds is 3. The van der Waals surface area contributed by atoms with Gasteiger partial charge in [0.05, 0.1) is 5.39 Å². The lowest BCUT2D eigenvalue weighted by atomic mass is 10.1. The van der Waals surface area contributed by atoms with Crippen LogP contribution in [0.2, 0.25) is 0 Å². The molecule has 0 aliphatic rings. The van der Waals surface area contributed by atoms with Crippen molar-refractivity contribution in [2.45, 2.75) is 6.92 Å². The molecule has 0 aliphatic heterocycles. The molecule has 4 rings (SSSR count). The lowest BCUT2D eigenvalue weighted by molar-refractivity contribution is 0.448. The van der Waals surface area contributed by atoms with Crippen molar-refractivity contribution >= 4 is 11.0 Å². The number of hydrogen-bond acceptors (Lipinski definition) is 4. The average molecular weight is 317 g/mol. The van der Waals surface area contributed by atoms with E-state index in [0.29, 0.717) is 17.3 Å². The molecule has 5 heteroatoms. The Bertz CT molecular complexity index is 1020. The zero-order valence-electron chi connectivity index (χ0n) is 13.0. The smallest absolute Gasteiger partial charge is 0.231 e. The van der Waals surface area contributed by atoms with Crippen LogP contribution in [0.15, 0.2) is 60.9 Å². The lowest BCUT2D eigenvalue weighted by Crippen LogP contribution is -1.89. The van der Waals surface area contributed by atoms with E-state index in [9.17, 15) is 5.11 Å². The quantitative estimate of drug-likeness (QED) is 0.586. The average Bonchev–Trinajstić information content (AvgIpc) is 3.00. The number of phenols is 1. The van der Waals surface area contributed by atoms with Gasteiger partial charge in [-0.15, -0.1) is 0 Å². The molecule has 118 valence electrons. The molecule has 0 bridgehead atoms. The number of hydrogen-bond donors (Lipinski definition) is 2. The number of benzene rings is 2. The van der Waals surface area contributed by atoms with Crippen LogP contribution in [0.25, 0.3) is 22.3 Å². The van der Waals surface area contributed by atoms with Gasteiger partial charge < -0.3 is 14.8 Å². The van der Waals surface area contributed by atoms with E-state index in [1.165, 1.54) is 11.9 Å². The van der Waals surface area contributed by atoms with E-state index >= 15 is 0 Å². The Morgan fingerprint density at radius 3 is 2.71 bits per heavy atom. The highest BCUT2D eigenvalue weighted by molar-refractivity contribution is 5.87. The first kappa shape index (κ1) is 14.3. The molecule has 2 heterocycles. The fourth-order valence-corrected chi connectivity index (χ4v) is 2.63. The number of phenolic OH excluding ortho intramolecular Hbond substituents is 1. The molecule has 0 fully saturated rings. The van der Waals surface area contributed by atoms with Crippen LogP contribution in [-0.4, -0.2) is 20.1 Å². The summed E-state index contributed by atoms with van der Waals surface area (Å²) in [5.74, 6) is 1.11. The van der Waals surface area contributed by atoms with Gasteiger partial charge in [0.2, 0.25) is 5.88 Å². The highest BCUT2D eigenvalue weighted by Crippen LogP contribution is 2.31. The first-order valence-corrected chi connectivity index (χ1v) is 7.57. The van der Waals surface area contributed by atoms with Gasteiger partial charge in [-0.2, -0.15) is 0 Å².